The lowest BCUT2D eigenvalue weighted by molar-refractivity contribution is 0.424. The summed E-state index contributed by atoms with van der Waals surface area (Å²) in [5.74, 6) is 0. The molecule has 1 N–H and O–H groups in total. The van der Waals surface area contributed by atoms with E-state index >= 15 is 0 Å². The topological polar surface area (TPSA) is 12.0 Å². The van der Waals surface area contributed by atoms with Gasteiger partial charge in [-0.1, -0.05) is 47.6 Å². The summed E-state index contributed by atoms with van der Waals surface area (Å²) in [5, 5.41) is 4.29. The molecule has 0 spiro atoms. The Kier molecular flexibility index (Phi) is 5.37. The minimum absolute atomic E-state index is 0.0951. The van der Waals surface area contributed by atoms with E-state index in [-0.39, 0.29) is 5.54 Å². The van der Waals surface area contributed by atoms with E-state index in [1.807, 2.05) is 0 Å². The highest BCUT2D eigenvalue weighted by atomic mass is 35.5. The standard InChI is InChI=1S/C18H22ClNS/c1-13-7-5-6-8-17(13)21-15-10-9-14(16(19)11-15)12-20-18(2,3)4/h5-11,20H,12H2,1-4H3. The van der Waals surface area contributed by atoms with Crippen LogP contribution in [0.1, 0.15) is 31.9 Å². The van der Waals surface area contributed by atoms with Crippen molar-refractivity contribution in [2.45, 2.75) is 49.6 Å². The van der Waals surface area contributed by atoms with Gasteiger partial charge in [0.15, 0.2) is 0 Å². The van der Waals surface area contributed by atoms with Crippen molar-refractivity contribution in [3.8, 4) is 0 Å². The molecule has 3 heteroatoms. The third kappa shape index (κ3) is 5.06. The highest BCUT2D eigenvalue weighted by molar-refractivity contribution is 7.99. The molecule has 112 valence electrons. The van der Waals surface area contributed by atoms with E-state index in [0.717, 1.165) is 17.1 Å². The molecule has 0 unspecified atom stereocenters. The van der Waals surface area contributed by atoms with Crippen molar-refractivity contribution in [1.82, 2.24) is 5.32 Å². The second-order valence-corrected chi connectivity index (χ2v) is 7.75. The fourth-order valence-electron chi connectivity index (χ4n) is 1.89. The van der Waals surface area contributed by atoms with Crippen LogP contribution in [-0.2, 0) is 6.54 Å². The van der Waals surface area contributed by atoms with Gasteiger partial charge in [0.1, 0.15) is 0 Å². The molecule has 0 aromatic heterocycles. The van der Waals surface area contributed by atoms with E-state index in [1.54, 1.807) is 11.8 Å². The first-order valence-corrected chi connectivity index (χ1v) is 8.31. The van der Waals surface area contributed by atoms with Gasteiger partial charge in [-0.2, -0.15) is 0 Å². The molecular formula is C18H22ClNS. The smallest absolute Gasteiger partial charge is 0.0462 e. The molecule has 0 amide bonds. The fraction of sp³-hybridized carbons (Fsp3) is 0.333. The van der Waals surface area contributed by atoms with E-state index in [1.165, 1.54) is 15.4 Å². The molecule has 0 saturated heterocycles. The van der Waals surface area contributed by atoms with E-state index in [0.29, 0.717) is 0 Å². The van der Waals surface area contributed by atoms with Gasteiger partial charge in [0.25, 0.3) is 0 Å². The van der Waals surface area contributed by atoms with Crippen molar-refractivity contribution < 1.29 is 0 Å². The SMILES string of the molecule is Cc1ccccc1Sc1ccc(CNC(C)(C)C)c(Cl)c1. The van der Waals surface area contributed by atoms with Crippen LogP contribution in [0.4, 0.5) is 0 Å². The molecule has 0 bridgehead atoms. The lowest BCUT2D eigenvalue weighted by Gasteiger charge is -2.21. The largest absolute Gasteiger partial charge is 0.308 e. The summed E-state index contributed by atoms with van der Waals surface area (Å²) in [6, 6.07) is 14.7. The van der Waals surface area contributed by atoms with Crippen LogP contribution >= 0.6 is 23.4 Å². The van der Waals surface area contributed by atoms with Crippen LogP contribution in [0.3, 0.4) is 0 Å². The Morgan fingerprint density at radius 3 is 2.43 bits per heavy atom. The average Bonchev–Trinajstić information content (AvgIpc) is 2.39. The molecule has 21 heavy (non-hydrogen) atoms. The summed E-state index contributed by atoms with van der Waals surface area (Å²) < 4.78 is 0. The van der Waals surface area contributed by atoms with Crippen LogP contribution in [0.2, 0.25) is 5.02 Å². The van der Waals surface area contributed by atoms with E-state index in [2.05, 4.69) is 75.5 Å². The van der Waals surface area contributed by atoms with Crippen LogP contribution in [0, 0.1) is 6.92 Å². The van der Waals surface area contributed by atoms with Gasteiger partial charge < -0.3 is 5.32 Å². The Bertz CT molecular complexity index is 617. The summed E-state index contributed by atoms with van der Waals surface area (Å²) in [6.07, 6.45) is 0. The normalized spacial score (nSPS) is 11.7. The maximum absolute atomic E-state index is 6.41. The fourth-order valence-corrected chi connectivity index (χ4v) is 3.15. The number of aryl methyl sites for hydroxylation is 1. The third-order valence-corrected chi connectivity index (χ3v) is 4.67. The first kappa shape index (κ1) is 16.4. The second-order valence-electron chi connectivity index (χ2n) is 6.22. The maximum Gasteiger partial charge on any atom is 0.0462 e. The Labute approximate surface area is 137 Å². The summed E-state index contributed by atoms with van der Waals surface area (Å²) in [5.41, 5.74) is 2.52. The maximum atomic E-state index is 6.41. The Morgan fingerprint density at radius 2 is 1.81 bits per heavy atom. The monoisotopic (exact) mass is 319 g/mol. The zero-order chi connectivity index (χ0) is 15.5. The Morgan fingerprint density at radius 1 is 1.10 bits per heavy atom. The van der Waals surface area contributed by atoms with Gasteiger partial charge in [-0.05, 0) is 57.0 Å². The predicted molar refractivity (Wildman–Crippen MR) is 93.3 cm³/mol. The van der Waals surface area contributed by atoms with Crippen molar-refractivity contribution in [2.24, 2.45) is 0 Å². The Hall–Kier alpha value is -0.960. The van der Waals surface area contributed by atoms with Crippen molar-refractivity contribution in [1.29, 1.82) is 0 Å². The van der Waals surface area contributed by atoms with E-state index in [9.17, 15) is 0 Å². The van der Waals surface area contributed by atoms with Crippen molar-refractivity contribution in [2.75, 3.05) is 0 Å². The minimum Gasteiger partial charge on any atom is -0.308 e. The van der Waals surface area contributed by atoms with Gasteiger partial charge >= 0.3 is 0 Å². The molecule has 0 aliphatic rings. The first-order valence-electron chi connectivity index (χ1n) is 7.12. The van der Waals surface area contributed by atoms with Gasteiger partial charge in [-0.15, -0.1) is 0 Å². The van der Waals surface area contributed by atoms with Crippen molar-refractivity contribution in [3.63, 3.8) is 0 Å². The van der Waals surface area contributed by atoms with Gasteiger partial charge in [-0.3, -0.25) is 0 Å². The Balaban J connectivity index is 2.10. The zero-order valence-electron chi connectivity index (χ0n) is 13.0. The number of benzene rings is 2. The molecule has 0 radical (unpaired) electrons. The summed E-state index contributed by atoms with van der Waals surface area (Å²) >= 11 is 8.17. The summed E-state index contributed by atoms with van der Waals surface area (Å²) in [6.45, 7) is 9.39. The number of hydrogen-bond donors (Lipinski definition) is 1. The van der Waals surface area contributed by atoms with Gasteiger partial charge in [0.2, 0.25) is 0 Å². The lowest BCUT2D eigenvalue weighted by atomic mass is 10.1. The molecule has 0 saturated carbocycles. The second kappa shape index (κ2) is 6.87. The van der Waals surface area contributed by atoms with Gasteiger partial charge in [-0.25, -0.2) is 0 Å². The molecular weight excluding hydrogens is 298 g/mol. The van der Waals surface area contributed by atoms with Gasteiger partial charge in [0.05, 0.1) is 0 Å². The average molecular weight is 320 g/mol. The number of rotatable bonds is 4. The van der Waals surface area contributed by atoms with Crippen LogP contribution in [0.15, 0.2) is 52.3 Å². The molecule has 1 nitrogen and oxygen atoms in total. The predicted octanol–water partition coefficient (Wildman–Crippen LogP) is 5.69. The zero-order valence-corrected chi connectivity index (χ0v) is 14.6. The van der Waals surface area contributed by atoms with Gasteiger partial charge in [0, 0.05) is 26.9 Å². The van der Waals surface area contributed by atoms with Crippen molar-refractivity contribution >= 4 is 23.4 Å². The minimum atomic E-state index is 0.0951. The summed E-state index contributed by atoms with van der Waals surface area (Å²) in [7, 11) is 0. The molecule has 0 heterocycles. The van der Waals surface area contributed by atoms with Crippen LogP contribution < -0.4 is 5.32 Å². The molecule has 0 atom stereocenters. The highest BCUT2D eigenvalue weighted by Gasteiger charge is 2.10. The van der Waals surface area contributed by atoms with Crippen LogP contribution in [-0.4, -0.2) is 5.54 Å². The molecule has 2 aromatic carbocycles. The van der Waals surface area contributed by atoms with Crippen LogP contribution in [0.25, 0.3) is 0 Å². The highest BCUT2D eigenvalue weighted by Crippen LogP contribution is 2.32. The lowest BCUT2D eigenvalue weighted by Crippen LogP contribution is -2.35. The molecule has 2 aromatic rings. The van der Waals surface area contributed by atoms with E-state index in [4.69, 9.17) is 11.6 Å². The number of halogens is 1. The molecule has 2 rings (SSSR count). The van der Waals surface area contributed by atoms with Crippen molar-refractivity contribution in [3.05, 3.63) is 58.6 Å². The summed E-state index contributed by atoms with van der Waals surface area (Å²) in [4.78, 5) is 2.45. The first-order chi connectivity index (χ1) is 9.85. The van der Waals surface area contributed by atoms with Crippen LogP contribution in [0.5, 0.6) is 0 Å². The molecule has 0 fully saturated rings. The number of nitrogens with one attached hydrogen (secondary N) is 1. The molecule has 0 aliphatic carbocycles. The third-order valence-electron chi connectivity index (χ3n) is 3.16. The quantitative estimate of drug-likeness (QED) is 0.777. The number of hydrogen-bond acceptors (Lipinski definition) is 2. The van der Waals surface area contributed by atoms with E-state index < -0.39 is 0 Å². The molecule has 0 aliphatic heterocycles.